The van der Waals surface area contributed by atoms with Crippen LogP contribution in [0.15, 0.2) is 18.2 Å². The topological polar surface area (TPSA) is 87.7 Å². The quantitative estimate of drug-likeness (QED) is 0.757. The first kappa shape index (κ1) is 18.4. The summed E-state index contributed by atoms with van der Waals surface area (Å²) in [5.41, 5.74) is -0.0301. The molecule has 4 atom stereocenters. The number of nitrogens with one attached hydrogen (secondary N) is 2. The second-order valence-corrected chi connectivity index (χ2v) is 8.13. The molecule has 0 bridgehead atoms. The van der Waals surface area contributed by atoms with Gasteiger partial charge in [0.25, 0.3) is 0 Å². The van der Waals surface area contributed by atoms with E-state index in [0.29, 0.717) is 16.3 Å². The first-order valence-corrected chi connectivity index (χ1v) is 9.44. The lowest BCUT2D eigenvalue weighted by Crippen LogP contribution is -2.54. The van der Waals surface area contributed by atoms with Gasteiger partial charge in [0.2, 0.25) is 17.7 Å². The molecule has 2 saturated heterocycles. The minimum Gasteiger partial charge on any atom is -0.383 e. The van der Waals surface area contributed by atoms with Crippen molar-refractivity contribution in [3.8, 4) is 0 Å². The van der Waals surface area contributed by atoms with Crippen LogP contribution in [0.2, 0.25) is 5.02 Å². The summed E-state index contributed by atoms with van der Waals surface area (Å²) in [6.07, 6.45) is 0. The smallest absolute Gasteiger partial charge is 0.250 e. The van der Waals surface area contributed by atoms with Crippen LogP contribution in [-0.4, -0.2) is 48.9 Å². The van der Waals surface area contributed by atoms with E-state index in [1.807, 2.05) is 13.8 Å². The molecular formula is C19H22ClN3O4. The molecule has 144 valence electrons. The average Bonchev–Trinajstić information content (AvgIpc) is 3.20. The molecule has 0 aliphatic carbocycles. The molecule has 4 rings (SSSR count). The molecule has 1 aromatic carbocycles. The molecule has 0 radical (unpaired) electrons. The monoisotopic (exact) mass is 391 g/mol. The van der Waals surface area contributed by atoms with Gasteiger partial charge in [0.1, 0.15) is 5.54 Å². The Bertz CT molecular complexity index is 842. The van der Waals surface area contributed by atoms with Gasteiger partial charge < -0.3 is 10.1 Å². The summed E-state index contributed by atoms with van der Waals surface area (Å²) in [5, 5.41) is 6.70. The third-order valence-electron chi connectivity index (χ3n) is 5.94. The predicted octanol–water partition coefficient (Wildman–Crippen LogP) is 1.36. The maximum Gasteiger partial charge on any atom is 0.250 e. The Hall–Kier alpha value is -1.96. The first-order chi connectivity index (χ1) is 12.8. The number of benzene rings is 1. The minimum absolute atomic E-state index is 0.0621. The van der Waals surface area contributed by atoms with Gasteiger partial charge in [-0.25, -0.2) is 0 Å². The molecule has 4 unspecified atom stereocenters. The Balaban J connectivity index is 1.86. The maximum atomic E-state index is 13.3. The lowest BCUT2D eigenvalue weighted by atomic mass is 9.76. The standard InChI is InChI=1S/C19H22ClN3O4/c1-9(2)15-13-14(17(25)23(16(13)24)6-7-27-3)19(22-15)11-8-10(20)4-5-12(11)21-18(19)26/h4-5,8-9,13-15,22H,6-7H2,1-3H3,(H,21,26). The van der Waals surface area contributed by atoms with Crippen LogP contribution in [-0.2, 0) is 24.7 Å². The van der Waals surface area contributed by atoms with Crippen LogP contribution in [0.5, 0.6) is 0 Å². The van der Waals surface area contributed by atoms with E-state index in [0.717, 1.165) is 0 Å². The summed E-state index contributed by atoms with van der Waals surface area (Å²) >= 11 is 6.19. The second-order valence-electron chi connectivity index (χ2n) is 7.69. The molecule has 0 saturated carbocycles. The van der Waals surface area contributed by atoms with Crippen molar-refractivity contribution in [1.82, 2.24) is 10.2 Å². The van der Waals surface area contributed by atoms with Crippen molar-refractivity contribution < 1.29 is 19.1 Å². The van der Waals surface area contributed by atoms with Crippen LogP contribution < -0.4 is 10.6 Å². The first-order valence-electron chi connectivity index (χ1n) is 9.06. The predicted molar refractivity (Wildman–Crippen MR) is 99.1 cm³/mol. The number of halogens is 1. The number of rotatable bonds is 4. The number of likely N-dealkylation sites (tertiary alicyclic amines) is 1. The summed E-state index contributed by atoms with van der Waals surface area (Å²) in [4.78, 5) is 40.7. The van der Waals surface area contributed by atoms with Crippen LogP contribution in [0.3, 0.4) is 0 Å². The number of hydrogen-bond donors (Lipinski definition) is 2. The number of nitrogens with zero attached hydrogens (tertiary/aromatic N) is 1. The molecule has 3 amide bonds. The molecule has 8 heteroatoms. The number of amides is 3. The third kappa shape index (κ3) is 2.38. The average molecular weight is 392 g/mol. The Morgan fingerprint density at radius 2 is 2.00 bits per heavy atom. The Kier molecular flexibility index (Phi) is 4.29. The molecule has 2 N–H and O–H groups in total. The van der Waals surface area contributed by atoms with E-state index in [-0.39, 0.29) is 42.8 Å². The van der Waals surface area contributed by atoms with Crippen LogP contribution in [0, 0.1) is 17.8 Å². The van der Waals surface area contributed by atoms with Crippen LogP contribution in [0.4, 0.5) is 5.69 Å². The highest BCUT2D eigenvalue weighted by atomic mass is 35.5. The summed E-state index contributed by atoms with van der Waals surface area (Å²) in [5.74, 6) is -2.22. The van der Waals surface area contributed by atoms with Crippen molar-refractivity contribution in [1.29, 1.82) is 0 Å². The zero-order chi connectivity index (χ0) is 19.5. The van der Waals surface area contributed by atoms with Crippen molar-refractivity contribution >= 4 is 35.0 Å². The van der Waals surface area contributed by atoms with Crippen molar-refractivity contribution in [2.75, 3.05) is 25.6 Å². The molecule has 27 heavy (non-hydrogen) atoms. The van der Waals surface area contributed by atoms with Gasteiger partial charge in [-0.05, 0) is 24.1 Å². The van der Waals surface area contributed by atoms with Gasteiger partial charge in [0, 0.05) is 29.4 Å². The number of carbonyl (C=O) groups is 3. The van der Waals surface area contributed by atoms with Gasteiger partial charge in [-0.1, -0.05) is 25.4 Å². The highest BCUT2D eigenvalue weighted by Gasteiger charge is 2.70. The summed E-state index contributed by atoms with van der Waals surface area (Å²) < 4.78 is 5.05. The Morgan fingerprint density at radius 3 is 2.67 bits per heavy atom. The highest BCUT2D eigenvalue weighted by Crippen LogP contribution is 2.54. The largest absolute Gasteiger partial charge is 0.383 e. The second kappa shape index (κ2) is 6.29. The minimum atomic E-state index is -1.28. The molecule has 2 fully saturated rings. The number of fused-ring (bicyclic) bond motifs is 4. The molecule has 3 aliphatic heterocycles. The lowest BCUT2D eigenvalue weighted by molar-refractivity contribution is -0.143. The fraction of sp³-hybridized carbons (Fsp3) is 0.526. The van der Waals surface area contributed by atoms with E-state index < -0.39 is 17.4 Å². The Labute approximate surface area is 162 Å². The zero-order valence-corrected chi connectivity index (χ0v) is 16.2. The fourth-order valence-electron chi connectivity index (χ4n) is 4.74. The van der Waals surface area contributed by atoms with Gasteiger partial charge in [-0.15, -0.1) is 0 Å². The number of hydrogen-bond acceptors (Lipinski definition) is 5. The summed E-state index contributed by atoms with van der Waals surface area (Å²) in [7, 11) is 1.52. The molecule has 0 aromatic heterocycles. The molecule has 1 spiro atoms. The van der Waals surface area contributed by atoms with E-state index in [1.54, 1.807) is 18.2 Å². The van der Waals surface area contributed by atoms with E-state index in [4.69, 9.17) is 16.3 Å². The maximum absolute atomic E-state index is 13.3. The van der Waals surface area contributed by atoms with Crippen molar-refractivity contribution in [2.24, 2.45) is 17.8 Å². The lowest BCUT2D eigenvalue weighted by Gasteiger charge is -2.30. The summed E-state index contributed by atoms with van der Waals surface area (Å²) in [6, 6.07) is 4.83. The van der Waals surface area contributed by atoms with Crippen molar-refractivity contribution in [3.63, 3.8) is 0 Å². The third-order valence-corrected chi connectivity index (χ3v) is 6.18. The van der Waals surface area contributed by atoms with E-state index in [2.05, 4.69) is 10.6 Å². The molecular weight excluding hydrogens is 370 g/mol. The SMILES string of the molecule is COCCN1C(=O)C2C(C(C)C)NC3(C(=O)Nc4ccc(Cl)cc43)C2C1=O. The fourth-order valence-corrected chi connectivity index (χ4v) is 4.91. The molecule has 3 heterocycles. The van der Waals surface area contributed by atoms with E-state index >= 15 is 0 Å². The van der Waals surface area contributed by atoms with E-state index in [9.17, 15) is 14.4 Å². The van der Waals surface area contributed by atoms with Gasteiger partial charge in [0.15, 0.2) is 0 Å². The molecule has 3 aliphatic rings. The molecule has 7 nitrogen and oxygen atoms in total. The van der Waals surface area contributed by atoms with Gasteiger partial charge in [0.05, 0.1) is 25.0 Å². The van der Waals surface area contributed by atoms with Crippen molar-refractivity contribution in [2.45, 2.75) is 25.4 Å². The number of carbonyl (C=O) groups excluding carboxylic acids is 3. The molecule has 1 aromatic rings. The number of imide groups is 1. The summed E-state index contributed by atoms with van der Waals surface area (Å²) in [6.45, 7) is 4.41. The number of methoxy groups -OCH3 is 1. The van der Waals surface area contributed by atoms with Crippen molar-refractivity contribution in [3.05, 3.63) is 28.8 Å². The number of ether oxygens (including phenoxy) is 1. The van der Waals surface area contributed by atoms with Gasteiger partial charge in [-0.2, -0.15) is 0 Å². The van der Waals surface area contributed by atoms with E-state index in [1.165, 1.54) is 12.0 Å². The van der Waals surface area contributed by atoms with Crippen LogP contribution >= 0.6 is 11.6 Å². The number of anilines is 1. The Morgan fingerprint density at radius 1 is 1.26 bits per heavy atom. The highest BCUT2D eigenvalue weighted by molar-refractivity contribution is 6.31. The zero-order valence-electron chi connectivity index (χ0n) is 15.4. The normalized spacial score (nSPS) is 31.8. The van der Waals surface area contributed by atoms with Crippen LogP contribution in [0.25, 0.3) is 0 Å². The van der Waals surface area contributed by atoms with Gasteiger partial charge in [-0.3, -0.25) is 24.6 Å². The van der Waals surface area contributed by atoms with Gasteiger partial charge >= 0.3 is 0 Å². The van der Waals surface area contributed by atoms with Crippen LogP contribution in [0.1, 0.15) is 19.4 Å².